The van der Waals surface area contributed by atoms with E-state index in [1.807, 2.05) is 18.2 Å². The zero-order chi connectivity index (χ0) is 13.5. The van der Waals surface area contributed by atoms with Gasteiger partial charge >= 0.3 is 0 Å². The number of rotatable bonds is 6. The molecule has 0 spiro atoms. The summed E-state index contributed by atoms with van der Waals surface area (Å²) in [5.41, 5.74) is 3.15. The van der Waals surface area contributed by atoms with E-state index in [2.05, 4.69) is 31.4 Å². The van der Waals surface area contributed by atoms with Gasteiger partial charge in [-0.15, -0.1) is 0 Å². The number of carbonyl (C=O) groups is 1. The topological polar surface area (TPSA) is 41.1 Å². The molecular formula is C15H24N2O. The molecule has 1 rings (SSSR count). The van der Waals surface area contributed by atoms with Crippen molar-refractivity contribution in [2.24, 2.45) is 5.92 Å². The van der Waals surface area contributed by atoms with E-state index in [-0.39, 0.29) is 5.91 Å². The Morgan fingerprint density at radius 3 is 2.72 bits per heavy atom. The minimum atomic E-state index is -0.0378. The number of carbonyl (C=O) groups excluding carboxylic acids is 1. The van der Waals surface area contributed by atoms with Crippen LogP contribution in [0.1, 0.15) is 39.2 Å². The SMILES string of the molecule is CCCC(C)CNc1cc(NC(C)=O)ccc1C. The second-order valence-corrected chi connectivity index (χ2v) is 4.99. The number of nitrogens with one attached hydrogen (secondary N) is 2. The molecule has 2 N–H and O–H groups in total. The summed E-state index contributed by atoms with van der Waals surface area (Å²) in [7, 11) is 0. The molecule has 0 aromatic heterocycles. The Hall–Kier alpha value is -1.51. The van der Waals surface area contributed by atoms with E-state index in [1.165, 1.54) is 25.3 Å². The minimum absolute atomic E-state index is 0.0378. The fourth-order valence-electron chi connectivity index (χ4n) is 1.97. The van der Waals surface area contributed by atoms with Crippen LogP contribution in [0.3, 0.4) is 0 Å². The van der Waals surface area contributed by atoms with E-state index in [4.69, 9.17) is 0 Å². The summed E-state index contributed by atoms with van der Waals surface area (Å²) in [6, 6.07) is 5.95. The van der Waals surface area contributed by atoms with Gasteiger partial charge in [0.25, 0.3) is 0 Å². The highest BCUT2D eigenvalue weighted by Gasteiger charge is 2.04. The molecule has 1 aromatic carbocycles. The van der Waals surface area contributed by atoms with Gasteiger partial charge in [-0.3, -0.25) is 4.79 Å². The second-order valence-electron chi connectivity index (χ2n) is 4.99. The third kappa shape index (κ3) is 4.78. The molecule has 0 radical (unpaired) electrons. The molecule has 1 unspecified atom stereocenters. The minimum Gasteiger partial charge on any atom is -0.385 e. The Morgan fingerprint density at radius 2 is 2.11 bits per heavy atom. The van der Waals surface area contributed by atoms with Gasteiger partial charge in [0.15, 0.2) is 0 Å². The van der Waals surface area contributed by atoms with Gasteiger partial charge in [0, 0.05) is 24.8 Å². The van der Waals surface area contributed by atoms with Gasteiger partial charge in [-0.05, 0) is 37.0 Å². The van der Waals surface area contributed by atoms with Crippen molar-refractivity contribution in [2.75, 3.05) is 17.2 Å². The van der Waals surface area contributed by atoms with Crippen LogP contribution >= 0.6 is 0 Å². The predicted molar refractivity (Wildman–Crippen MR) is 78.0 cm³/mol. The maximum atomic E-state index is 11.0. The second kappa shape index (κ2) is 7.04. The molecule has 100 valence electrons. The van der Waals surface area contributed by atoms with Crippen molar-refractivity contribution in [3.63, 3.8) is 0 Å². The molecule has 0 aliphatic rings. The number of anilines is 2. The molecule has 18 heavy (non-hydrogen) atoms. The van der Waals surface area contributed by atoms with Crippen LogP contribution in [0, 0.1) is 12.8 Å². The lowest BCUT2D eigenvalue weighted by molar-refractivity contribution is -0.114. The molecule has 0 saturated heterocycles. The lowest BCUT2D eigenvalue weighted by Gasteiger charge is -2.15. The summed E-state index contributed by atoms with van der Waals surface area (Å²) in [6.07, 6.45) is 2.45. The largest absolute Gasteiger partial charge is 0.385 e. The van der Waals surface area contributed by atoms with Crippen LogP contribution in [-0.4, -0.2) is 12.5 Å². The molecule has 0 aliphatic heterocycles. The maximum Gasteiger partial charge on any atom is 0.221 e. The molecule has 3 nitrogen and oxygen atoms in total. The summed E-state index contributed by atoms with van der Waals surface area (Å²) >= 11 is 0. The monoisotopic (exact) mass is 248 g/mol. The Kier molecular flexibility index (Phi) is 5.69. The first-order valence-corrected chi connectivity index (χ1v) is 6.65. The van der Waals surface area contributed by atoms with E-state index in [9.17, 15) is 4.79 Å². The third-order valence-corrected chi connectivity index (χ3v) is 2.98. The number of aryl methyl sites for hydroxylation is 1. The zero-order valence-electron chi connectivity index (χ0n) is 11.8. The van der Waals surface area contributed by atoms with Gasteiger partial charge in [-0.1, -0.05) is 26.3 Å². The lowest BCUT2D eigenvalue weighted by atomic mass is 10.1. The molecule has 0 bridgehead atoms. The van der Waals surface area contributed by atoms with Gasteiger partial charge in [-0.2, -0.15) is 0 Å². The summed E-state index contributed by atoms with van der Waals surface area (Å²) in [6.45, 7) is 9.03. The van der Waals surface area contributed by atoms with Crippen molar-refractivity contribution in [1.82, 2.24) is 0 Å². The number of hydrogen-bond donors (Lipinski definition) is 2. The first-order valence-electron chi connectivity index (χ1n) is 6.65. The van der Waals surface area contributed by atoms with E-state index < -0.39 is 0 Å². The zero-order valence-corrected chi connectivity index (χ0v) is 11.8. The van der Waals surface area contributed by atoms with E-state index in [1.54, 1.807) is 0 Å². The highest BCUT2D eigenvalue weighted by molar-refractivity contribution is 5.89. The molecule has 3 heteroatoms. The van der Waals surface area contributed by atoms with Crippen molar-refractivity contribution in [3.05, 3.63) is 23.8 Å². The summed E-state index contributed by atoms with van der Waals surface area (Å²) in [4.78, 5) is 11.0. The highest BCUT2D eigenvalue weighted by Crippen LogP contribution is 2.21. The van der Waals surface area contributed by atoms with E-state index >= 15 is 0 Å². The van der Waals surface area contributed by atoms with Crippen LogP contribution < -0.4 is 10.6 Å². The quantitative estimate of drug-likeness (QED) is 0.804. The van der Waals surface area contributed by atoms with Gasteiger partial charge in [0.05, 0.1) is 0 Å². The number of amides is 1. The van der Waals surface area contributed by atoms with Crippen molar-refractivity contribution in [1.29, 1.82) is 0 Å². The van der Waals surface area contributed by atoms with Gasteiger partial charge in [-0.25, -0.2) is 0 Å². The number of hydrogen-bond acceptors (Lipinski definition) is 2. The van der Waals surface area contributed by atoms with Crippen LogP contribution in [0.25, 0.3) is 0 Å². The highest BCUT2D eigenvalue weighted by atomic mass is 16.1. The Labute approximate surface area is 110 Å². The molecule has 1 atom stereocenters. The van der Waals surface area contributed by atoms with Gasteiger partial charge in [0.2, 0.25) is 5.91 Å². The summed E-state index contributed by atoms with van der Waals surface area (Å²) < 4.78 is 0. The Morgan fingerprint density at radius 1 is 1.39 bits per heavy atom. The third-order valence-electron chi connectivity index (χ3n) is 2.98. The number of benzene rings is 1. The van der Waals surface area contributed by atoms with Crippen LogP contribution in [0.4, 0.5) is 11.4 Å². The van der Waals surface area contributed by atoms with Gasteiger partial charge in [0.1, 0.15) is 0 Å². The normalized spacial score (nSPS) is 12.0. The van der Waals surface area contributed by atoms with Crippen LogP contribution in [0.2, 0.25) is 0 Å². The molecule has 0 heterocycles. The fraction of sp³-hybridized carbons (Fsp3) is 0.533. The molecule has 0 aliphatic carbocycles. The van der Waals surface area contributed by atoms with Crippen molar-refractivity contribution in [3.8, 4) is 0 Å². The maximum absolute atomic E-state index is 11.0. The summed E-state index contributed by atoms with van der Waals surface area (Å²) in [5.74, 6) is 0.628. The molecule has 0 fully saturated rings. The summed E-state index contributed by atoms with van der Waals surface area (Å²) in [5, 5.41) is 6.27. The van der Waals surface area contributed by atoms with Crippen LogP contribution in [-0.2, 0) is 4.79 Å². The average molecular weight is 248 g/mol. The standard InChI is InChI=1S/C15H24N2O/c1-5-6-11(2)10-16-15-9-14(17-13(4)18)8-7-12(15)3/h7-9,11,16H,5-6,10H2,1-4H3,(H,17,18). The smallest absolute Gasteiger partial charge is 0.221 e. The van der Waals surface area contributed by atoms with Crippen molar-refractivity contribution < 1.29 is 4.79 Å². The fourth-order valence-corrected chi connectivity index (χ4v) is 1.97. The Balaban J connectivity index is 2.66. The van der Waals surface area contributed by atoms with Crippen molar-refractivity contribution >= 4 is 17.3 Å². The molecular weight excluding hydrogens is 224 g/mol. The first kappa shape index (κ1) is 14.6. The van der Waals surface area contributed by atoms with E-state index in [0.29, 0.717) is 5.92 Å². The first-order chi connectivity index (χ1) is 8.52. The molecule has 0 saturated carbocycles. The van der Waals surface area contributed by atoms with Gasteiger partial charge < -0.3 is 10.6 Å². The van der Waals surface area contributed by atoms with Crippen LogP contribution in [0.15, 0.2) is 18.2 Å². The predicted octanol–water partition coefficient (Wildman–Crippen LogP) is 3.80. The van der Waals surface area contributed by atoms with Crippen LogP contribution in [0.5, 0.6) is 0 Å². The van der Waals surface area contributed by atoms with E-state index in [0.717, 1.165) is 17.9 Å². The van der Waals surface area contributed by atoms with Crippen molar-refractivity contribution in [2.45, 2.75) is 40.5 Å². The molecule has 1 amide bonds. The molecule has 1 aromatic rings. The average Bonchev–Trinajstić information content (AvgIpc) is 2.29. The Bertz CT molecular complexity index is 401. The lowest BCUT2D eigenvalue weighted by Crippen LogP contribution is -2.12.